The van der Waals surface area contributed by atoms with Crippen LogP contribution in [0.5, 0.6) is 0 Å². The van der Waals surface area contributed by atoms with Crippen LogP contribution in [0.4, 0.5) is 11.4 Å². The van der Waals surface area contributed by atoms with E-state index >= 15 is 0 Å². The second-order valence-corrected chi connectivity index (χ2v) is 7.95. The Hall–Kier alpha value is -4.04. The van der Waals surface area contributed by atoms with Crippen LogP contribution in [-0.4, -0.2) is 11.6 Å². The number of benzene rings is 5. The Morgan fingerprint density at radius 2 is 1.23 bits per heavy atom. The molecule has 6 aromatic rings. The standard InChI is InChI=1S/C29H22N2/c1-30(22-11-4-2-5-12-22)24-17-19-27-26(20-24)29-25-15-9-8-10-21(25)16-18-28(29)31(27)23-13-6-3-7-14-23/h2-20H,1H3. The van der Waals surface area contributed by atoms with Gasteiger partial charge in [0.25, 0.3) is 0 Å². The molecule has 31 heavy (non-hydrogen) atoms. The summed E-state index contributed by atoms with van der Waals surface area (Å²) < 4.78 is 2.38. The van der Waals surface area contributed by atoms with Gasteiger partial charge in [0, 0.05) is 34.9 Å². The number of hydrogen-bond acceptors (Lipinski definition) is 1. The number of anilines is 2. The molecular weight excluding hydrogens is 376 g/mol. The van der Waals surface area contributed by atoms with E-state index in [4.69, 9.17) is 0 Å². The van der Waals surface area contributed by atoms with Crippen molar-refractivity contribution in [3.63, 3.8) is 0 Å². The highest BCUT2D eigenvalue weighted by Gasteiger charge is 2.16. The predicted octanol–water partition coefficient (Wildman–Crippen LogP) is 7.70. The SMILES string of the molecule is CN(c1ccccc1)c1ccc2c(c1)c1c3ccccc3ccc1n2-c1ccccc1. The van der Waals surface area contributed by atoms with Gasteiger partial charge in [-0.15, -0.1) is 0 Å². The Kier molecular flexibility index (Phi) is 4.03. The molecule has 2 nitrogen and oxygen atoms in total. The van der Waals surface area contributed by atoms with Gasteiger partial charge in [-0.3, -0.25) is 0 Å². The van der Waals surface area contributed by atoms with Crippen molar-refractivity contribution in [1.82, 2.24) is 4.57 Å². The minimum Gasteiger partial charge on any atom is -0.345 e. The molecule has 0 amide bonds. The monoisotopic (exact) mass is 398 g/mol. The fourth-order valence-corrected chi connectivity index (χ4v) is 4.64. The molecule has 0 atom stereocenters. The van der Waals surface area contributed by atoms with Crippen LogP contribution in [0.1, 0.15) is 0 Å². The van der Waals surface area contributed by atoms with Gasteiger partial charge in [-0.1, -0.05) is 66.7 Å². The quantitative estimate of drug-likeness (QED) is 0.296. The van der Waals surface area contributed by atoms with E-state index in [1.54, 1.807) is 0 Å². The lowest BCUT2D eigenvalue weighted by Gasteiger charge is -2.19. The minimum absolute atomic E-state index is 1.18. The molecule has 0 aliphatic heterocycles. The van der Waals surface area contributed by atoms with E-state index in [1.807, 2.05) is 0 Å². The van der Waals surface area contributed by atoms with Crippen LogP contribution >= 0.6 is 0 Å². The smallest absolute Gasteiger partial charge is 0.0547 e. The van der Waals surface area contributed by atoms with Crippen LogP contribution in [0, 0.1) is 0 Å². The summed E-state index contributed by atoms with van der Waals surface area (Å²) in [5.74, 6) is 0. The molecule has 6 rings (SSSR count). The highest BCUT2D eigenvalue weighted by molar-refractivity contribution is 6.21. The van der Waals surface area contributed by atoms with Crippen LogP contribution in [0.25, 0.3) is 38.3 Å². The van der Waals surface area contributed by atoms with E-state index in [1.165, 1.54) is 49.6 Å². The molecule has 0 fully saturated rings. The van der Waals surface area contributed by atoms with Crippen LogP contribution in [-0.2, 0) is 0 Å². The molecule has 148 valence electrons. The van der Waals surface area contributed by atoms with Gasteiger partial charge in [-0.05, 0) is 59.3 Å². The molecule has 0 N–H and O–H groups in total. The maximum Gasteiger partial charge on any atom is 0.0547 e. The number of aromatic nitrogens is 1. The topological polar surface area (TPSA) is 8.17 Å². The molecule has 0 radical (unpaired) electrons. The Morgan fingerprint density at radius 1 is 0.548 bits per heavy atom. The second kappa shape index (κ2) is 7.03. The van der Waals surface area contributed by atoms with Crippen molar-refractivity contribution in [3.05, 3.63) is 115 Å². The Balaban J connectivity index is 1.70. The first-order chi connectivity index (χ1) is 15.3. The maximum absolute atomic E-state index is 2.38. The average molecular weight is 399 g/mol. The third-order valence-corrected chi connectivity index (χ3v) is 6.18. The van der Waals surface area contributed by atoms with Crippen LogP contribution in [0.3, 0.4) is 0 Å². The van der Waals surface area contributed by atoms with Gasteiger partial charge in [0.1, 0.15) is 0 Å². The number of rotatable bonds is 3. The molecular formula is C29H22N2. The molecule has 1 heterocycles. The molecule has 0 saturated heterocycles. The molecule has 0 bridgehead atoms. The Morgan fingerprint density at radius 3 is 2.03 bits per heavy atom. The zero-order valence-electron chi connectivity index (χ0n) is 17.4. The predicted molar refractivity (Wildman–Crippen MR) is 133 cm³/mol. The van der Waals surface area contributed by atoms with E-state index < -0.39 is 0 Å². The van der Waals surface area contributed by atoms with E-state index in [2.05, 4.69) is 132 Å². The summed E-state index contributed by atoms with van der Waals surface area (Å²) >= 11 is 0. The number of fused-ring (bicyclic) bond motifs is 5. The zero-order valence-corrected chi connectivity index (χ0v) is 17.4. The van der Waals surface area contributed by atoms with Gasteiger partial charge in [-0.25, -0.2) is 0 Å². The van der Waals surface area contributed by atoms with Gasteiger partial charge >= 0.3 is 0 Å². The zero-order chi connectivity index (χ0) is 20.8. The van der Waals surface area contributed by atoms with Gasteiger partial charge in [0.15, 0.2) is 0 Å². The van der Waals surface area contributed by atoms with E-state index in [-0.39, 0.29) is 0 Å². The second-order valence-electron chi connectivity index (χ2n) is 7.95. The molecule has 0 saturated carbocycles. The maximum atomic E-state index is 2.38. The van der Waals surface area contributed by atoms with Crippen molar-refractivity contribution in [1.29, 1.82) is 0 Å². The fraction of sp³-hybridized carbons (Fsp3) is 0.0345. The van der Waals surface area contributed by atoms with Gasteiger partial charge in [0.2, 0.25) is 0 Å². The van der Waals surface area contributed by atoms with E-state index in [0.717, 1.165) is 0 Å². The largest absolute Gasteiger partial charge is 0.345 e. The summed E-state index contributed by atoms with van der Waals surface area (Å²) in [7, 11) is 2.13. The summed E-state index contributed by atoms with van der Waals surface area (Å²) in [5.41, 5.74) is 6.00. The first-order valence-corrected chi connectivity index (χ1v) is 10.6. The lowest BCUT2D eigenvalue weighted by molar-refractivity contribution is 1.18. The molecule has 0 spiro atoms. The third-order valence-electron chi connectivity index (χ3n) is 6.18. The van der Waals surface area contributed by atoms with Crippen molar-refractivity contribution < 1.29 is 0 Å². The first kappa shape index (κ1) is 17.8. The molecule has 2 heteroatoms. The van der Waals surface area contributed by atoms with Crippen molar-refractivity contribution in [2.24, 2.45) is 0 Å². The summed E-state index contributed by atoms with van der Waals surface area (Å²) in [4.78, 5) is 2.25. The number of hydrogen-bond donors (Lipinski definition) is 0. The van der Waals surface area contributed by atoms with E-state index in [0.29, 0.717) is 0 Å². The molecule has 0 unspecified atom stereocenters. The summed E-state index contributed by atoms with van der Waals surface area (Å²) in [5, 5.41) is 5.14. The summed E-state index contributed by atoms with van der Waals surface area (Å²) in [6.07, 6.45) is 0. The van der Waals surface area contributed by atoms with Crippen LogP contribution in [0.15, 0.2) is 115 Å². The lowest BCUT2D eigenvalue weighted by atomic mass is 10.0. The Bertz CT molecular complexity index is 1530. The van der Waals surface area contributed by atoms with Crippen LogP contribution < -0.4 is 4.90 Å². The Labute approximate surface area is 181 Å². The third kappa shape index (κ3) is 2.80. The van der Waals surface area contributed by atoms with Crippen molar-refractivity contribution in [2.75, 3.05) is 11.9 Å². The van der Waals surface area contributed by atoms with Gasteiger partial charge in [-0.2, -0.15) is 0 Å². The van der Waals surface area contributed by atoms with Crippen molar-refractivity contribution in [3.8, 4) is 5.69 Å². The molecule has 5 aromatic carbocycles. The number of para-hydroxylation sites is 2. The molecule has 0 aliphatic rings. The summed E-state index contributed by atoms with van der Waals surface area (Å²) in [6.45, 7) is 0. The number of nitrogens with zero attached hydrogens (tertiary/aromatic N) is 2. The van der Waals surface area contributed by atoms with Crippen LogP contribution in [0.2, 0.25) is 0 Å². The highest BCUT2D eigenvalue weighted by Crippen LogP contribution is 2.39. The van der Waals surface area contributed by atoms with E-state index in [9.17, 15) is 0 Å². The molecule has 1 aromatic heterocycles. The fourth-order valence-electron chi connectivity index (χ4n) is 4.64. The summed E-state index contributed by atoms with van der Waals surface area (Å²) in [6, 6.07) is 41.1. The normalized spacial score (nSPS) is 11.4. The average Bonchev–Trinajstić information content (AvgIpc) is 3.18. The van der Waals surface area contributed by atoms with Crippen molar-refractivity contribution >= 4 is 44.0 Å². The van der Waals surface area contributed by atoms with Crippen molar-refractivity contribution in [2.45, 2.75) is 0 Å². The lowest BCUT2D eigenvalue weighted by Crippen LogP contribution is -2.08. The molecule has 0 aliphatic carbocycles. The van der Waals surface area contributed by atoms with Gasteiger partial charge < -0.3 is 9.47 Å². The minimum atomic E-state index is 1.18. The first-order valence-electron chi connectivity index (χ1n) is 10.6. The highest BCUT2D eigenvalue weighted by atomic mass is 15.1. The van der Waals surface area contributed by atoms with Gasteiger partial charge in [0.05, 0.1) is 11.0 Å².